The molecule has 5 aromatic rings. The van der Waals surface area contributed by atoms with Gasteiger partial charge in [-0.05, 0) is 115 Å². The summed E-state index contributed by atoms with van der Waals surface area (Å²) >= 11 is 0. The van der Waals surface area contributed by atoms with Crippen LogP contribution in [-0.4, -0.2) is 15.5 Å². The monoisotopic (exact) mass is 696 g/mol. The number of fused-ring (bicyclic) bond motifs is 5. The van der Waals surface area contributed by atoms with Gasteiger partial charge in [0, 0.05) is 45.6 Å². The third-order valence-electron chi connectivity index (χ3n) is 12.3. The zero-order valence-electron chi connectivity index (χ0n) is 30.2. The average Bonchev–Trinajstić information content (AvgIpc) is 3.76. The highest BCUT2D eigenvalue weighted by molar-refractivity contribution is 6.10. The predicted molar refractivity (Wildman–Crippen MR) is 219 cm³/mol. The summed E-state index contributed by atoms with van der Waals surface area (Å²) in [6, 6.07) is 36.9. The molecule has 4 aliphatic carbocycles. The minimum atomic E-state index is -0.0299. The van der Waals surface area contributed by atoms with Crippen LogP contribution in [0.5, 0.6) is 0 Å². The predicted octanol–water partition coefficient (Wildman–Crippen LogP) is 11.8. The molecule has 54 heavy (non-hydrogen) atoms. The van der Waals surface area contributed by atoms with Crippen LogP contribution >= 0.6 is 0 Å². The summed E-state index contributed by atoms with van der Waals surface area (Å²) in [6.45, 7) is 0. The summed E-state index contributed by atoms with van der Waals surface area (Å²) in [5, 5.41) is 22.7. The highest BCUT2D eigenvalue weighted by Crippen LogP contribution is 2.50. The van der Waals surface area contributed by atoms with Crippen molar-refractivity contribution in [3.05, 3.63) is 190 Å². The van der Waals surface area contributed by atoms with Crippen molar-refractivity contribution in [2.75, 3.05) is 0 Å². The lowest BCUT2D eigenvalue weighted by molar-refractivity contribution is 0.317. The summed E-state index contributed by atoms with van der Waals surface area (Å²) in [6.07, 6.45) is 27.5. The second kappa shape index (κ2) is 13.2. The van der Waals surface area contributed by atoms with E-state index in [1.807, 2.05) is 42.5 Å². The van der Waals surface area contributed by atoms with Crippen LogP contribution in [0.15, 0.2) is 163 Å². The van der Waals surface area contributed by atoms with Gasteiger partial charge in [-0.25, -0.2) is 0 Å². The smallest absolute Gasteiger partial charge is 0.0998 e. The normalized spacial score (nSPS) is 23.1. The zero-order valence-corrected chi connectivity index (χ0v) is 30.2. The summed E-state index contributed by atoms with van der Waals surface area (Å²) in [5.41, 5.74) is 13.6. The van der Waals surface area contributed by atoms with Gasteiger partial charge in [0.25, 0.3) is 0 Å². The van der Waals surface area contributed by atoms with Crippen molar-refractivity contribution in [3.63, 3.8) is 0 Å². The third-order valence-corrected chi connectivity index (χ3v) is 12.3. The fourth-order valence-electron chi connectivity index (χ4n) is 9.89. The molecule has 0 N–H and O–H groups in total. The van der Waals surface area contributed by atoms with E-state index in [1.165, 1.54) is 45.2 Å². The number of nitriles is 2. The molecule has 4 atom stereocenters. The fourth-order valence-corrected chi connectivity index (χ4v) is 9.89. The minimum Gasteiger partial charge on any atom is -0.338 e. The van der Waals surface area contributed by atoms with Crippen molar-refractivity contribution in [1.29, 1.82) is 10.5 Å². The lowest BCUT2D eigenvalue weighted by Crippen LogP contribution is -2.33. The number of nitrogens with zero attached hydrogens (tertiary/aromatic N) is 4. The molecule has 0 spiro atoms. The van der Waals surface area contributed by atoms with Gasteiger partial charge in [0.1, 0.15) is 0 Å². The SMILES string of the molecule is N#Cc1ccccc1C1=CC(c2ccccc2C#N)CC(n2c3ccccc3c3cc(C4C=CC5=C(C4)C4CCC=CC4N5C4=CC=CCC4)ccc32)=C1. The Kier molecular flexibility index (Phi) is 7.92. The number of benzene rings is 4. The van der Waals surface area contributed by atoms with Crippen LogP contribution < -0.4 is 0 Å². The van der Waals surface area contributed by atoms with Gasteiger partial charge in [-0.3, -0.25) is 0 Å². The molecule has 10 rings (SSSR count). The summed E-state index contributed by atoms with van der Waals surface area (Å²) < 4.78 is 2.43. The van der Waals surface area contributed by atoms with Crippen LogP contribution in [0.4, 0.5) is 0 Å². The minimum absolute atomic E-state index is 0.0299. The molecule has 4 unspecified atom stereocenters. The molecule has 4 aromatic carbocycles. The first-order chi connectivity index (χ1) is 26.7. The molecular weight excluding hydrogens is 657 g/mol. The number of hydrogen-bond donors (Lipinski definition) is 0. The fraction of sp³-hybridized carbons (Fsp3) is 0.200. The van der Waals surface area contributed by atoms with Gasteiger partial charge in [-0.2, -0.15) is 10.5 Å². The van der Waals surface area contributed by atoms with Gasteiger partial charge in [0.15, 0.2) is 0 Å². The van der Waals surface area contributed by atoms with Crippen molar-refractivity contribution in [1.82, 2.24) is 9.47 Å². The highest BCUT2D eigenvalue weighted by atomic mass is 15.2. The Morgan fingerprint density at radius 3 is 2.39 bits per heavy atom. The van der Waals surface area contributed by atoms with Crippen LogP contribution in [0.1, 0.15) is 78.2 Å². The maximum atomic E-state index is 10.1. The van der Waals surface area contributed by atoms with Gasteiger partial charge >= 0.3 is 0 Å². The second-order valence-corrected chi connectivity index (χ2v) is 15.2. The maximum Gasteiger partial charge on any atom is 0.0998 e. The van der Waals surface area contributed by atoms with E-state index in [0.717, 1.165) is 54.5 Å². The second-order valence-electron chi connectivity index (χ2n) is 15.2. The Morgan fingerprint density at radius 1 is 0.704 bits per heavy atom. The van der Waals surface area contributed by atoms with Crippen LogP contribution in [-0.2, 0) is 0 Å². The first-order valence-corrected chi connectivity index (χ1v) is 19.4. The Balaban J connectivity index is 1.07. The van der Waals surface area contributed by atoms with Gasteiger partial charge in [-0.1, -0.05) is 97.1 Å². The van der Waals surface area contributed by atoms with Gasteiger partial charge in [0.05, 0.1) is 40.3 Å². The Bertz CT molecular complexity index is 2670. The van der Waals surface area contributed by atoms with Gasteiger partial charge in [0.2, 0.25) is 0 Å². The zero-order chi connectivity index (χ0) is 36.2. The van der Waals surface area contributed by atoms with E-state index >= 15 is 0 Å². The first-order valence-electron chi connectivity index (χ1n) is 19.4. The molecule has 0 radical (unpaired) electrons. The van der Waals surface area contributed by atoms with E-state index < -0.39 is 0 Å². The van der Waals surface area contributed by atoms with Crippen LogP contribution in [0.25, 0.3) is 33.1 Å². The van der Waals surface area contributed by atoms with E-state index in [9.17, 15) is 10.5 Å². The van der Waals surface area contributed by atoms with Gasteiger partial charge in [-0.15, -0.1) is 0 Å². The first kappa shape index (κ1) is 32.3. The number of para-hydroxylation sites is 1. The van der Waals surface area contributed by atoms with Crippen molar-refractivity contribution in [2.45, 2.75) is 56.4 Å². The summed E-state index contributed by atoms with van der Waals surface area (Å²) in [7, 11) is 0. The van der Waals surface area contributed by atoms with E-state index in [-0.39, 0.29) is 5.92 Å². The number of aromatic nitrogens is 1. The molecule has 0 amide bonds. The Morgan fingerprint density at radius 2 is 1.52 bits per heavy atom. The number of allylic oxidation sites excluding steroid dienone is 11. The molecule has 260 valence electrons. The van der Waals surface area contributed by atoms with Crippen molar-refractivity contribution < 1.29 is 0 Å². The molecule has 0 saturated heterocycles. The lowest BCUT2D eigenvalue weighted by Gasteiger charge is -2.34. The maximum absolute atomic E-state index is 10.1. The quantitative estimate of drug-likeness (QED) is 0.172. The van der Waals surface area contributed by atoms with Crippen LogP contribution in [0.3, 0.4) is 0 Å². The van der Waals surface area contributed by atoms with Crippen LogP contribution in [0, 0.1) is 28.6 Å². The molecule has 5 aliphatic rings. The van der Waals surface area contributed by atoms with Gasteiger partial charge < -0.3 is 9.47 Å². The molecule has 1 aromatic heterocycles. The number of hydrogen-bond acceptors (Lipinski definition) is 3. The molecule has 0 saturated carbocycles. The lowest BCUT2D eigenvalue weighted by atomic mass is 9.78. The van der Waals surface area contributed by atoms with E-state index in [2.05, 4.69) is 125 Å². The van der Waals surface area contributed by atoms with E-state index in [0.29, 0.717) is 29.0 Å². The van der Waals surface area contributed by atoms with Crippen LogP contribution in [0.2, 0.25) is 0 Å². The van der Waals surface area contributed by atoms with E-state index in [1.54, 1.807) is 5.57 Å². The Hall–Kier alpha value is -6.36. The standard InChI is InChI=1S/C50H40N4/c51-31-35-12-4-6-16-41(35)37-26-38(42-17-7-5-13-36(42)32-52)28-40(27-37)54-48-21-11-9-19-44(48)46-30-34(23-25-50(46)54)33-22-24-49-45(29-33)43-18-8-10-20-47(43)53(49)39-14-2-1-3-15-39/h1-2,4-7,9-14,16-17,19-27,30,33,38,43,47H,3,8,15,18,28-29H2. The molecule has 0 fully saturated rings. The van der Waals surface area contributed by atoms with Crippen molar-refractivity contribution in [3.8, 4) is 12.1 Å². The number of rotatable bonds is 5. The topological polar surface area (TPSA) is 55.8 Å². The van der Waals surface area contributed by atoms with Crippen molar-refractivity contribution in [2.24, 2.45) is 5.92 Å². The summed E-state index contributed by atoms with van der Waals surface area (Å²) in [4.78, 5) is 2.65. The molecular formula is C50H40N4. The Labute approximate surface area is 317 Å². The van der Waals surface area contributed by atoms with Crippen molar-refractivity contribution >= 4 is 33.1 Å². The average molecular weight is 697 g/mol. The molecule has 2 heterocycles. The molecule has 4 heteroatoms. The molecule has 1 aliphatic heterocycles. The van der Waals surface area contributed by atoms with E-state index in [4.69, 9.17) is 0 Å². The third kappa shape index (κ3) is 5.25. The largest absolute Gasteiger partial charge is 0.338 e. The molecule has 4 nitrogen and oxygen atoms in total. The highest BCUT2D eigenvalue weighted by Gasteiger charge is 2.42. The molecule has 0 bridgehead atoms. The summed E-state index contributed by atoms with van der Waals surface area (Å²) in [5.74, 6) is 0.859.